The Kier molecular flexibility index (Phi) is 3.72. The lowest BCUT2D eigenvalue weighted by Gasteiger charge is -2.17. The molecule has 1 aromatic carbocycles. The number of nitrogens with zero attached hydrogens (tertiary/aromatic N) is 1. The highest BCUT2D eigenvalue weighted by Crippen LogP contribution is 2.21. The number of methoxy groups -OCH3 is 1. The molecule has 1 N–H and O–H groups in total. The van der Waals surface area contributed by atoms with Crippen LogP contribution < -0.4 is 10.1 Å². The molecule has 0 saturated heterocycles. The molecule has 0 fully saturated rings. The van der Waals surface area contributed by atoms with Crippen LogP contribution in [0.5, 0.6) is 5.75 Å². The topological polar surface area (TPSA) is 33.6 Å². The standard InChI is InChI=1S/C12H16N2OS/c1-9-7-8-16-12(13-9)14-10-3-5-11(15-2)6-4-10/h3-6,9H,7-8H2,1-2H3,(H,13,14). The van der Waals surface area contributed by atoms with Crippen molar-refractivity contribution in [3.05, 3.63) is 24.3 Å². The zero-order valence-corrected chi connectivity index (χ0v) is 10.4. The molecule has 0 aliphatic carbocycles. The highest BCUT2D eigenvalue weighted by atomic mass is 32.2. The fraction of sp³-hybridized carbons (Fsp3) is 0.417. The number of rotatable bonds is 2. The van der Waals surface area contributed by atoms with Crippen molar-refractivity contribution in [1.29, 1.82) is 0 Å². The van der Waals surface area contributed by atoms with Gasteiger partial charge in [-0.2, -0.15) is 0 Å². The molecule has 3 nitrogen and oxygen atoms in total. The van der Waals surface area contributed by atoms with Crippen LogP contribution in [0.25, 0.3) is 0 Å². The molecule has 0 radical (unpaired) electrons. The van der Waals surface area contributed by atoms with E-state index < -0.39 is 0 Å². The average Bonchev–Trinajstić information content (AvgIpc) is 2.30. The number of aliphatic imine (C=N–C) groups is 1. The second-order valence-corrected chi connectivity index (χ2v) is 4.86. The Morgan fingerprint density at radius 1 is 1.38 bits per heavy atom. The Hall–Kier alpha value is -1.16. The highest BCUT2D eigenvalue weighted by Gasteiger charge is 2.11. The van der Waals surface area contributed by atoms with E-state index in [2.05, 4.69) is 17.2 Å². The minimum absolute atomic E-state index is 0.432. The molecule has 16 heavy (non-hydrogen) atoms. The van der Waals surface area contributed by atoms with Gasteiger partial charge in [-0.05, 0) is 37.6 Å². The zero-order valence-electron chi connectivity index (χ0n) is 9.56. The van der Waals surface area contributed by atoms with Gasteiger partial charge < -0.3 is 10.1 Å². The minimum Gasteiger partial charge on any atom is -0.497 e. The Bertz CT molecular complexity index is 375. The van der Waals surface area contributed by atoms with Crippen LogP contribution in [0.2, 0.25) is 0 Å². The van der Waals surface area contributed by atoms with Crippen molar-refractivity contribution >= 4 is 22.6 Å². The maximum absolute atomic E-state index is 5.11. The summed E-state index contributed by atoms with van der Waals surface area (Å²) in [7, 11) is 1.67. The SMILES string of the molecule is COc1ccc(NC2=NC(C)CCS2)cc1. The lowest BCUT2D eigenvalue weighted by Crippen LogP contribution is -2.17. The van der Waals surface area contributed by atoms with E-state index in [0.29, 0.717) is 6.04 Å². The van der Waals surface area contributed by atoms with E-state index in [0.717, 1.165) is 22.4 Å². The lowest BCUT2D eigenvalue weighted by molar-refractivity contribution is 0.415. The van der Waals surface area contributed by atoms with Gasteiger partial charge in [-0.15, -0.1) is 0 Å². The van der Waals surface area contributed by atoms with E-state index in [4.69, 9.17) is 4.74 Å². The van der Waals surface area contributed by atoms with Gasteiger partial charge in [0.15, 0.2) is 5.17 Å². The smallest absolute Gasteiger partial charge is 0.161 e. The number of anilines is 1. The summed E-state index contributed by atoms with van der Waals surface area (Å²) >= 11 is 1.78. The minimum atomic E-state index is 0.432. The van der Waals surface area contributed by atoms with E-state index in [1.165, 1.54) is 6.42 Å². The number of benzene rings is 1. The van der Waals surface area contributed by atoms with Crippen molar-refractivity contribution in [3.63, 3.8) is 0 Å². The van der Waals surface area contributed by atoms with Crippen molar-refractivity contribution < 1.29 is 4.74 Å². The summed E-state index contributed by atoms with van der Waals surface area (Å²) in [5, 5.41) is 4.34. The maximum atomic E-state index is 5.11. The van der Waals surface area contributed by atoms with Crippen molar-refractivity contribution in [2.75, 3.05) is 18.2 Å². The molecule has 86 valence electrons. The summed E-state index contributed by atoms with van der Waals surface area (Å²) in [6, 6.07) is 8.32. The number of amidine groups is 1. The second-order valence-electron chi connectivity index (χ2n) is 3.77. The van der Waals surface area contributed by atoms with Crippen LogP contribution in [0, 0.1) is 0 Å². The van der Waals surface area contributed by atoms with Crippen molar-refractivity contribution in [3.8, 4) is 5.75 Å². The van der Waals surface area contributed by atoms with Crippen LogP contribution in [-0.2, 0) is 0 Å². The molecule has 0 spiro atoms. The molecule has 1 heterocycles. The van der Waals surface area contributed by atoms with Gasteiger partial charge in [0.1, 0.15) is 5.75 Å². The predicted octanol–water partition coefficient (Wildman–Crippen LogP) is 2.99. The van der Waals surface area contributed by atoms with Crippen LogP contribution in [0.4, 0.5) is 5.69 Å². The molecule has 1 aliphatic rings. The second kappa shape index (κ2) is 5.25. The number of hydrogen-bond acceptors (Lipinski definition) is 4. The third-order valence-corrected chi connectivity index (χ3v) is 3.37. The number of ether oxygens (including phenoxy) is 1. The third-order valence-electron chi connectivity index (χ3n) is 2.45. The Morgan fingerprint density at radius 2 is 2.12 bits per heavy atom. The first-order valence-corrected chi connectivity index (χ1v) is 6.38. The van der Waals surface area contributed by atoms with E-state index in [-0.39, 0.29) is 0 Å². The molecule has 0 amide bonds. The van der Waals surface area contributed by atoms with Crippen molar-refractivity contribution in [2.24, 2.45) is 4.99 Å². The Labute approximate surface area is 100 Å². The Morgan fingerprint density at radius 3 is 2.75 bits per heavy atom. The molecule has 1 aromatic rings. The van der Waals surface area contributed by atoms with E-state index in [1.807, 2.05) is 24.3 Å². The van der Waals surface area contributed by atoms with Gasteiger partial charge in [-0.3, -0.25) is 4.99 Å². The van der Waals surface area contributed by atoms with Crippen LogP contribution in [-0.4, -0.2) is 24.1 Å². The van der Waals surface area contributed by atoms with Crippen molar-refractivity contribution in [2.45, 2.75) is 19.4 Å². The monoisotopic (exact) mass is 236 g/mol. The van der Waals surface area contributed by atoms with E-state index in [1.54, 1.807) is 18.9 Å². The lowest BCUT2D eigenvalue weighted by atomic mass is 10.3. The number of hydrogen-bond donors (Lipinski definition) is 1. The van der Waals surface area contributed by atoms with Crippen LogP contribution in [0.15, 0.2) is 29.3 Å². The van der Waals surface area contributed by atoms with Gasteiger partial charge in [0.05, 0.1) is 13.2 Å². The molecular formula is C12H16N2OS. The summed E-state index contributed by atoms with van der Waals surface area (Å²) in [6.45, 7) is 2.15. The van der Waals surface area contributed by atoms with Gasteiger partial charge in [-0.1, -0.05) is 11.8 Å². The molecule has 0 aromatic heterocycles. The number of thioether (sulfide) groups is 1. The zero-order chi connectivity index (χ0) is 11.4. The first-order valence-electron chi connectivity index (χ1n) is 5.39. The predicted molar refractivity (Wildman–Crippen MR) is 70.6 cm³/mol. The van der Waals surface area contributed by atoms with Gasteiger partial charge in [0.25, 0.3) is 0 Å². The first-order chi connectivity index (χ1) is 7.78. The van der Waals surface area contributed by atoms with Crippen molar-refractivity contribution in [1.82, 2.24) is 0 Å². The fourth-order valence-electron chi connectivity index (χ4n) is 1.49. The molecule has 1 unspecified atom stereocenters. The molecular weight excluding hydrogens is 220 g/mol. The first kappa shape index (κ1) is 11.3. The summed E-state index contributed by atoms with van der Waals surface area (Å²) in [6.07, 6.45) is 1.17. The fourth-order valence-corrected chi connectivity index (χ4v) is 2.59. The van der Waals surface area contributed by atoms with Crippen LogP contribution >= 0.6 is 11.8 Å². The normalized spacial score (nSPS) is 20.1. The van der Waals surface area contributed by atoms with E-state index >= 15 is 0 Å². The summed E-state index contributed by atoms with van der Waals surface area (Å²) in [5.74, 6) is 2.01. The molecule has 4 heteroatoms. The van der Waals surface area contributed by atoms with Gasteiger partial charge >= 0.3 is 0 Å². The summed E-state index contributed by atoms with van der Waals surface area (Å²) < 4.78 is 5.11. The quantitative estimate of drug-likeness (QED) is 0.857. The molecule has 0 bridgehead atoms. The van der Waals surface area contributed by atoms with Crippen LogP contribution in [0.1, 0.15) is 13.3 Å². The number of nitrogens with one attached hydrogen (secondary N) is 1. The largest absolute Gasteiger partial charge is 0.497 e. The highest BCUT2D eigenvalue weighted by molar-refractivity contribution is 8.14. The maximum Gasteiger partial charge on any atom is 0.161 e. The molecule has 1 aliphatic heterocycles. The summed E-state index contributed by atoms with van der Waals surface area (Å²) in [5.41, 5.74) is 1.06. The van der Waals surface area contributed by atoms with E-state index in [9.17, 15) is 0 Å². The Balaban J connectivity index is 2.03. The molecule has 2 rings (SSSR count). The van der Waals surface area contributed by atoms with Crippen LogP contribution in [0.3, 0.4) is 0 Å². The van der Waals surface area contributed by atoms with Gasteiger partial charge in [0.2, 0.25) is 0 Å². The van der Waals surface area contributed by atoms with Gasteiger partial charge in [0, 0.05) is 11.4 Å². The third kappa shape index (κ3) is 2.92. The van der Waals surface area contributed by atoms with Gasteiger partial charge in [-0.25, -0.2) is 0 Å². The molecule has 1 atom stereocenters. The average molecular weight is 236 g/mol. The summed E-state index contributed by atoms with van der Waals surface area (Å²) in [4.78, 5) is 4.56. The molecule has 0 saturated carbocycles.